The Kier molecular flexibility index (Phi) is 6.37. The summed E-state index contributed by atoms with van der Waals surface area (Å²) < 4.78 is 4.00. The monoisotopic (exact) mass is 542 g/mol. The lowest BCUT2D eigenvalue weighted by molar-refractivity contribution is -0.662. The minimum absolute atomic E-state index is 0.0477. The first-order valence-corrected chi connectivity index (χ1v) is 13.1. The standard InChI is InChI=1S/C23H23N7O5S2/c1-11-6-12(2)29-5-4-28(15(29)7-11)8-13-9-36-21-17(20(32)30(21)18(13)22(33)34)26-19(31)16(27-35-3)14-10-37-23(24)25-14/h4-7,10,17,21H,8-9H2,1-3H3,(H3-,24,25,26,31,33,34)/p+1/b27-16-/t17-,21+/m1/s1. The highest BCUT2D eigenvalue weighted by molar-refractivity contribution is 8.00. The molecule has 2 amide bonds. The van der Waals surface area contributed by atoms with Crippen molar-refractivity contribution < 1.29 is 28.9 Å². The van der Waals surface area contributed by atoms with Gasteiger partial charge in [0.15, 0.2) is 10.8 Å². The number of nitrogen functional groups attached to an aromatic ring is 1. The van der Waals surface area contributed by atoms with Crippen LogP contribution in [0, 0.1) is 13.8 Å². The predicted octanol–water partition coefficient (Wildman–Crippen LogP) is 0.672. The molecule has 5 heterocycles. The number of rotatable bonds is 7. The summed E-state index contributed by atoms with van der Waals surface area (Å²) >= 11 is 2.54. The Labute approximate surface area is 219 Å². The predicted molar refractivity (Wildman–Crippen MR) is 137 cm³/mol. The average molecular weight is 543 g/mol. The van der Waals surface area contributed by atoms with Gasteiger partial charge in [0.25, 0.3) is 17.5 Å². The highest BCUT2D eigenvalue weighted by atomic mass is 32.2. The fourth-order valence-electron chi connectivity index (χ4n) is 4.58. The fraction of sp³-hybridized carbons (Fsp3) is 0.304. The van der Waals surface area contributed by atoms with E-state index in [2.05, 4.69) is 21.5 Å². The number of fused-ring (bicyclic) bond motifs is 2. The van der Waals surface area contributed by atoms with E-state index in [1.165, 1.54) is 23.8 Å². The SMILES string of the molecule is CO/N=C(\C(=O)N[C@@H]1C(=O)N2C(C(=O)O)=C(C[n+]3ccn4c(C)cc(C)cc43)CS[C@@H]12)c1csc(N)n1. The number of carboxylic acid groups (broad SMARTS) is 1. The first-order valence-electron chi connectivity index (χ1n) is 11.2. The van der Waals surface area contributed by atoms with Crippen molar-refractivity contribution in [3.8, 4) is 0 Å². The van der Waals surface area contributed by atoms with Gasteiger partial charge in [0.05, 0.1) is 0 Å². The van der Waals surface area contributed by atoms with Gasteiger partial charge < -0.3 is 21.0 Å². The van der Waals surface area contributed by atoms with Crippen LogP contribution in [0.15, 0.2) is 46.3 Å². The number of nitrogens with one attached hydrogen (secondary N) is 1. The maximum absolute atomic E-state index is 13.1. The molecule has 3 aromatic rings. The summed E-state index contributed by atoms with van der Waals surface area (Å²) in [6.07, 6.45) is 3.83. The number of amides is 2. The summed E-state index contributed by atoms with van der Waals surface area (Å²) in [5, 5.41) is 17.7. The summed E-state index contributed by atoms with van der Waals surface area (Å²) in [6, 6.07) is 3.18. The number of hydrogen-bond donors (Lipinski definition) is 3. The van der Waals surface area contributed by atoms with Gasteiger partial charge in [0.1, 0.15) is 54.5 Å². The van der Waals surface area contributed by atoms with Gasteiger partial charge in [0.2, 0.25) is 0 Å². The topological polar surface area (TPSA) is 156 Å². The number of pyridine rings is 1. The maximum Gasteiger partial charge on any atom is 0.352 e. The molecule has 0 aliphatic carbocycles. The fourth-order valence-corrected chi connectivity index (χ4v) is 6.46. The third-order valence-corrected chi connectivity index (χ3v) is 8.18. The minimum Gasteiger partial charge on any atom is -0.477 e. The van der Waals surface area contributed by atoms with Gasteiger partial charge in [-0.3, -0.25) is 14.5 Å². The molecule has 2 aliphatic rings. The van der Waals surface area contributed by atoms with Crippen LogP contribution >= 0.6 is 23.1 Å². The molecular formula is C23H24N7O5S2+. The second kappa shape index (κ2) is 9.52. The number of thioether (sulfide) groups is 1. The number of nitrogens with two attached hydrogens (primary N) is 1. The van der Waals surface area contributed by atoms with Gasteiger partial charge in [-0.2, -0.15) is 0 Å². The Morgan fingerprint density at radius 1 is 1.38 bits per heavy atom. The van der Waals surface area contributed by atoms with E-state index in [1.54, 1.807) is 5.38 Å². The number of β-lactam (4-membered cyclic amide) rings is 1. The highest BCUT2D eigenvalue weighted by Gasteiger charge is 2.54. The number of oxime groups is 1. The quantitative estimate of drug-likeness (QED) is 0.170. The number of imidazole rings is 1. The normalized spacial score (nSPS) is 19.6. The number of carbonyl (C=O) groups excluding carboxylic acids is 2. The molecule has 1 saturated heterocycles. The number of thiazole rings is 1. The molecule has 0 radical (unpaired) electrons. The summed E-state index contributed by atoms with van der Waals surface area (Å²) in [5.41, 5.74) is 9.41. The van der Waals surface area contributed by atoms with Crippen LogP contribution in [-0.2, 0) is 25.8 Å². The molecule has 192 valence electrons. The molecule has 0 spiro atoms. The van der Waals surface area contributed by atoms with E-state index in [-0.39, 0.29) is 22.2 Å². The van der Waals surface area contributed by atoms with Gasteiger partial charge in [-0.15, -0.1) is 23.1 Å². The number of aliphatic carboxylic acids is 1. The van der Waals surface area contributed by atoms with Crippen molar-refractivity contribution in [3.05, 3.63) is 58.1 Å². The number of nitrogens with zero attached hydrogens (tertiary/aromatic N) is 5. The highest BCUT2D eigenvalue weighted by Crippen LogP contribution is 2.40. The van der Waals surface area contributed by atoms with E-state index in [1.807, 2.05) is 41.3 Å². The number of carbonyl (C=O) groups is 3. The van der Waals surface area contributed by atoms with E-state index >= 15 is 0 Å². The Morgan fingerprint density at radius 2 is 2.16 bits per heavy atom. The lowest BCUT2D eigenvalue weighted by Gasteiger charge is -2.49. The van der Waals surface area contributed by atoms with Crippen LogP contribution < -0.4 is 15.6 Å². The van der Waals surface area contributed by atoms with Crippen molar-refractivity contribution in [2.75, 3.05) is 18.6 Å². The Hall–Kier alpha value is -3.91. The zero-order valence-corrected chi connectivity index (χ0v) is 21.8. The smallest absolute Gasteiger partial charge is 0.352 e. The van der Waals surface area contributed by atoms with E-state index in [4.69, 9.17) is 10.6 Å². The van der Waals surface area contributed by atoms with Crippen LogP contribution in [0.1, 0.15) is 17.0 Å². The largest absolute Gasteiger partial charge is 0.477 e. The summed E-state index contributed by atoms with van der Waals surface area (Å²) in [6.45, 7) is 4.33. The summed E-state index contributed by atoms with van der Waals surface area (Å²) in [4.78, 5) is 48.4. The Bertz CT molecular complexity index is 1510. The van der Waals surface area contributed by atoms with Crippen molar-refractivity contribution in [1.29, 1.82) is 0 Å². The molecule has 4 N–H and O–H groups in total. The second-order valence-corrected chi connectivity index (χ2v) is 10.6. The summed E-state index contributed by atoms with van der Waals surface area (Å²) in [5.74, 6) is -1.97. The molecule has 0 aromatic carbocycles. The van der Waals surface area contributed by atoms with Crippen LogP contribution in [0.3, 0.4) is 0 Å². The van der Waals surface area contributed by atoms with Gasteiger partial charge in [-0.25, -0.2) is 18.7 Å². The molecule has 0 bridgehead atoms. The van der Waals surface area contributed by atoms with E-state index in [0.29, 0.717) is 17.9 Å². The van der Waals surface area contributed by atoms with Crippen molar-refractivity contribution in [2.24, 2.45) is 5.16 Å². The molecular weight excluding hydrogens is 518 g/mol. The molecule has 1 fully saturated rings. The number of carboxylic acids is 1. The number of anilines is 1. The number of aryl methyl sites for hydroxylation is 2. The van der Waals surface area contributed by atoms with Crippen molar-refractivity contribution in [3.63, 3.8) is 0 Å². The molecule has 5 rings (SSSR count). The molecule has 2 atom stereocenters. The van der Waals surface area contributed by atoms with Crippen molar-refractivity contribution in [1.82, 2.24) is 19.6 Å². The van der Waals surface area contributed by atoms with Crippen LogP contribution in [0.4, 0.5) is 5.13 Å². The van der Waals surface area contributed by atoms with Crippen LogP contribution in [0.25, 0.3) is 5.65 Å². The third kappa shape index (κ3) is 4.31. The maximum atomic E-state index is 13.1. The molecule has 2 aliphatic heterocycles. The first kappa shape index (κ1) is 24.8. The van der Waals surface area contributed by atoms with E-state index in [0.717, 1.165) is 28.2 Å². The van der Waals surface area contributed by atoms with Crippen molar-refractivity contribution >= 4 is 57.4 Å². The molecule has 14 heteroatoms. The third-order valence-electron chi connectivity index (χ3n) is 6.17. The zero-order chi connectivity index (χ0) is 26.4. The Morgan fingerprint density at radius 3 is 2.84 bits per heavy atom. The molecule has 0 saturated carbocycles. The average Bonchev–Trinajstić information content (AvgIpc) is 3.46. The van der Waals surface area contributed by atoms with E-state index in [9.17, 15) is 19.5 Å². The first-order chi connectivity index (χ1) is 17.7. The van der Waals surface area contributed by atoms with E-state index < -0.39 is 29.2 Å². The molecule has 0 unspecified atom stereocenters. The molecule has 37 heavy (non-hydrogen) atoms. The zero-order valence-electron chi connectivity index (χ0n) is 20.2. The molecule has 3 aromatic heterocycles. The van der Waals surface area contributed by atoms with Crippen LogP contribution in [0.2, 0.25) is 0 Å². The minimum atomic E-state index is -1.19. The Balaban J connectivity index is 1.39. The van der Waals surface area contributed by atoms with Crippen LogP contribution in [0.5, 0.6) is 0 Å². The van der Waals surface area contributed by atoms with Gasteiger partial charge >= 0.3 is 5.97 Å². The second-order valence-electron chi connectivity index (χ2n) is 8.64. The molecule has 12 nitrogen and oxygen atoms in total. The van der Waals surface area contributed by atoms with Gasteiger partial charge in [0, 0.05) is 22.8 Å². The van der Waals surface area contributed by atoms with Crippen molar-refractivity contribution in [2.45, 2.75) is 31.8 Å². The number of aromatic nitrogens is 3. The van der Waals surface area contributed by atoms with Gasteiger partial charge in [-0.05, 0) is 25.5 Å². The van der Waals surface area contributed by atoms with Crippen LogP contribution in [-0.4, -0.2) is 67.2 Å². The lowest BCUT2D eigenvalue weighted by Crippen LogP contribution is -2.71. The number of hydrogen-bond acceptors (Lipinski definition) is 9. The lowest BCUT2D eigenvalue weighted by atomic mass is 10.0. The van der Waals surface area contributed by atoms with Gasteiger partial charge in [-0.1, -0.05) is 5.16 Å². The summed E-state index contributed by atoms with van der Waals surface area (Å²) in [7, 11) is 1.29.